The third-order valence-corrected chi connectivity index (χ3v) is 6.24. The van der Waals surface area contributed by atoms with Crippen LogP contribution in [-0.2, 0) is 10.0 Å². The molecule has 0 unspecified atom stereocenters. The van der Waals surface area contributed by atoms with E-state index in [0.29, 0.717) is 28.5 Å². The number of halogens is 3. The van der Waals surface area contributed by atoms with Crippen LogP contribution in [0.2, 0.25) is 0 Å². The second-order valence-corrected chi connectivity index (χ2v) is 8.99. The van der Waals surface area contributed by atoms with E-state index in [9.17, 15) is 17.2 Å². The average molecular weight is 473 g/mol. The molecule has 11 heteroatoms. The molecule has 2 N–H and O–H groups in total. The van der Waals surface area contributed by atoms with Crippen molar-refractivity contribution in [1.29, 1.82) is 0 Å². The zero-order chi connectivity index (χ0) is 23.6. The van der Waals surface area contributed by atoms with Crippen LogP contribution in [0.25, 0.3) is 22.0 Å². The summed E-state index contributed by atoms with van der Waals surface area (Å²) in [6.45, 7) is 1.67. The Bertz CT molecular complexity index is 1450. The number of anilines is 3. The summed E-state index contributed by atoms with van der Waals surface area (Å²) >= 11 is 0. The lowest BCUT2D eigenvalue weighted by atomic mass is 10.0. The number of hydrogen-bond acceptors (Lipinski definition) is 6. The maximum atomic E-state index is 15.1. The van der Waals surface area contributed by atoms with Gasteiger partial charge in [-0.25, -0.2) is 32.2 Å². The molecule has 4 rings (SSSR count). The monoisotopic (exact) mass is 473 g/mol. The third-order valence-electron chi connectivity index (χ3n) is 4.77. The fraction of sp³-hybridized carbons (Fsp3) is 0.136. The smallest absolute Gasteiger partial charge is 0.232 e. The molecule has 0 aliphatic heterocycles. The first-order valence-electron chi connectivity index (χ1n) is 9.89. The van der Waals surface area contributed by atoms with Crippen molar-refractivity contribution in [2.45, 2.75) is 13.3 Å². The minimum Gasteiger partial charge on any atom is -0.335 e. The van der Waals surface area contributed by atoms with Crippen LogP contribution in [-0.4, -0.2) is 29.1 Å². The van der Waals surface area contributed by atoms with E-state index in [1.165, 1.54) is 18.6 Å². The molecule has 4 aromatic rings. The minimum absolute atomic E-state index is 0.0859. The van der Waals surface area contributed by atoms with Crippen LogP contribution in [0.1, 0.15) is 13.3 Å². The molecule has 0 saturated carbocycles. The van der Waals surface area contributed by atoms with Crippen molar-refractivity contribution in [3.8, 4) is 11.1 Å². The van der Waals surface area contributed by atoms with Crippen LogP contribution >= 0.6 is 0 Å². The number of aromatic nitrogens is 3. The van der Waals surface area contributed by atoms with Crippen molar-refractivity contribution in [1.82, 2.24) is 15.0 Å². The van der Waals surface area contributed by atoms with Gasteiger partial charge in [0.25, 0.3) is 0 Å². The van der Waals surface area contributed by atoms with Crippen LogP contribution in [0.15, 0.2) is 55.0 Å². The third kappa shape index (κ3) is 4.87. The molecule has 0 amide bonds. The highest BCUT2D eigenvalue weighted by Gasteiger charge is 2.19. The summed E-state index contributed by atoms with van der Waals surface area (Å²) < 4.78 is 69.3. The summed E-state index contributed by atoms with van der Waals surface area (Å²) in [5, 5.41) is 3.03. The molecule has 33 heavy (non-hydrogen) atoms. The number of nitrogens with zero attached hydrogens (tertiary/aromatic N) is 3. The minimum atomic E-state index is -3.79. The molecule has 0 radical (unpaired) electrons. The first-order valence-corrected chi connectivity index (χ1v) is 11.5. The highest BCUT2D eigenvalue weighted by molar-refractivity contribution is 7.92. The lowest BCUT2D eigenvalue weighted by Gasteiger charge is -2.14. The van der Waals surface area contributed by atoms with Gasteiger partial charge in [0, 0.05) is 17.6 Å². The van der Waals surface area contributed by atoms with Gasteiger partial charge in [0.15, 0.2) is 5.82 Å². The van der Waals surface area contributed by atoms with Crippen LogP contribution in [0.5, 0.6) is 0 Å². The van der Waals surface area contributed by atoms with Crippen LogP contribution in [0.4, 0.5) is 30.4 Å². The number of sulfonamides is 1. The molecule has 0 aliphatic rings. The zero-order valence-corrected chi connectivity index (χ0v) is 18.1. The Labute approximate surface area is 187 Å². The summed E-state index contributed by atoms with van der Waals surface area (Å²) in [6.07, 6.45) is 2.88. The highest BCUT2D eigenvalue weighted by atomic mass is 32.2. The maximum Gasteiger partial charge on any atom is 0.232 e. The molecule has 7 nitrogen and oxygen atoms in total. The van der Waals surface area contributed by atoms with Crippen molar-refractivity contribution in [2.24, 2.45) is 0 Å². The second kappa shape index (κ2) is 9.02. The van der Waals surface area contributed by atoms with E-state index in [1.54, 1.807) is 31.2 Å². The van der Waals surface area contributed by atoms with Gasteiger partial charge in [-0.3, -0.25) is 4.72 Å². The molecule has 0 aliphatic carbocycles. The average Bonchev–Trinajstić information content (AvgIpc) is 2.78. The second-order valence-electron chi connectivity index (χ2n) is 7.15. The lowest BCUT2D eigenvalue weighted by Crippen LogP contribution is -2.17. The van der Waals surface area contributed by atoms with E-state index >= 15 is 4.39 Å². The Morgan fingerprint density at radius 3 is 2.48 bits per heavy atom. The maximum absolute atomic E-state index is 15.1. The van der Waals surface area contributed by atoms with Gasteiger partial charge in [-0.1, -0.05) is 13.0 Å². The number of fused-ring (bicyclic) bond motifs is 1. The molecule has 2 aromatic heterocycles. The van der Waals surface area contributed by atoms with Gasteiger partial charge in [0.1, 0.15) is 23.6 Å². The summed E-state index contributed by atoms with van der Waals surface area (Å²) in [5.74, 6) is -2.83. The van der Waals surface area contributed by atoms with Gasteiger partial charge in [-0.2, -0.15) is 4.39 Å². The van der Waals surface area contributed by atoms with Gasteiger partial charge in [-0.05, 0) is 47.9 Å². The summed E-state index contributed by atoms with van der Waals surface area (Å²) in [6, 6.07) is 9.86. The van der Waals surface area contributed by atoms with Crippen molar-refractivity contribution >= 4 is 38.1 Å². The zero-order valence-electron chi connectivity index (χ0n) is 17.3. The Morgan fingerprint density at radius 2 is 1.73 bits per heavy atom. The molecule has 170 valence electrons. The summed E-state index contributed by atoms with van der Waals surface area (Å²) in [7, 11) is -3.79. The molecule has 0 spiro atoms. The predicted octanol–water partition coefficient (Wildman–Crippen LogP) is 5.00. The number of hydrogen-bond donors (Lipinski definition) is 2. The summed E-state index contributed by atoms with van der Waals surface area (Å²) in [5.41, 5.74) is 0.671. The molecule has 0 fully saturated rings. The molecule has 0 atom stereocenters. The number of benzene rings is 2. The standard InChI is InChI=1S/C22H18F3N5O2S/c1-2-9-33(31,32)30-18-6-4-16(23)21(20(18)25)29-22-15-10-13(3-5-17(15)27-12-28-22)14-7-8-26-19(24)11-14/h3-8,10-12,30H,2,9H2,1H3,(H,27,28,29). The summed E-state index contributed by atoms with van der Waals surface area (Å²) in [4.78, 5) is 11.8. The Morgan fingerprint density at radius 1 is 0.939 bits per heavy atom. The van der Waals surface area contributed by atoms with Gasteiger partial charge < -0.3 is 5.32 Å². The topological polar surface area (TPSA) is 96.9 Å². The van der Waals surface area contributed by atoms with Crippen molar-refractivity contribution in [3.63, 3.8) is 0 Å². The SMILES string of the molecule is CCCS(=O)(=O)Nc1ccc(F)c(Nc2ncnc3ccc(-c4ccnc(F)c4)cc23)c1F. The van der Waals surface area contributed by atoms with Gasteiger partial charge >= 0.3 is 0 Å². The highest BCUT2D eigenvalue weighted by Crippen LogP contribution is 2.32. The molecular weight excluding hydrogens is 455 g/mol. The van der Waals surface area contributed by atoms with Crippen molar-refractivity contribution in [3.05, 3.63) is 72.6 Å². The number of rotatable bonds is 7. The molecule has 2 aromatic carbocycles. The van der Waals surface area contributed by atoms with Crippen LogP contribution in [0.3, 0.4) is 0 Å². The van der Waals surface area contributed by atoms with E-state index < -0.39 is 39.0 Å². The van der Waals surface area contributed by atoms with Gasteiger partial charge in [0.2, 0.25) is 16.0 Å². The normalized spacial score (nSPS) is 11.5. The van der Waals surface area contributed by atoms with Crippen LogP contribution in [0, 0.1) is 17.6 Å². The molecular formula is C22H18F3N5O2S. The molecule has 2 heterocycles. The van der Waals surface area contributed by atoms with Crippen molar-refractivity contribution in [2.75, 3.05) is 15.8 Å². The van der Waals surface area contributed by atoms with E-state index in [-0.39, 0.29) is 11.6 Å². The lowest BCUT2D eigenvalue weighted by molar-refractivity contribution is 0.584. The predicted molar refractivity (Wildman–Crippen MR) is 120 cm³/mol. The quantitative estimate of drug-likeness (QED) is 0.367. The van der Waals surface area contributed by atoms with E-state index in [2.05, 4.69) is 25.0 Å². The number of nitrogens with one attached hydrogen (secondary N) is 2. The molecule has 0 bridgehead atoms. The fourth-order valence-corrected chi connectivity index (χ4v) is 4.40. The largest absolute Gasteiger partial charge is 0.335 e. The van der Waals surface area contributed by atoms with Crippen molar-refractivity contribution < 1.29 is 21.6 Å². The van der Waals surface area contributed by atoms with Crippen LogP contribution < -0.4 is 10.0 Å². The van der Waals surface area contributed by atoms with E-state index in [0.717, 1.165) is 12.1 Å². The number of pyridine rings is 1. The molecule has 0 saturated heterocycles. The van der Waals surface area contributed by atoms with Gasteiger partial charge in [0.05, 0.1) is 17.0 Å². The fourth-order valence-electron chi connectivity index (χ4n) is 3.27. The Hall–Kier alpha value is -3.73. The Kier molecular flexibility index (Phi) is 6.14. The Balaban J connectivity index is 1.76. The first kappa shape index (κ1) is 22.5. The van der Waals surface area contributed by atoms with E-state index in [1.807, 2.05) is 0 Å². The first-order chi connectivity index (χ1) is 15.8. The van der Waals surface area contributed by atoms with E-state index in [4.69, 9.17) is 0 Å². The van der Waals surface area contributed by atoms with Gasteiger partial charge in [-0.15, -0.1) is 0 Å².